The molecular weight excluding hydrogens is 312 g/mol. The molecule has 2 rings (SSSR count). The Morgan fingerprint density at radius 1 is 1.32 bits per heavy atom. The predicted octanol–water partition coefficient (Wildman–Crippen LogP) is 4.00. The van der Waals surface area contributed by atoms with Gasteiger partial charge in [-0.1, -0.05) is 49.1 Å². The molecule has 1 aromatic rings. The third kappa shape index (κ3) is 4.71. The van der Waals surface area contributed by atoms with Gasteiger partial charge in [0.05, 0.1) is 5.75 Å². The maximum absolute atomic E-state index is 12.2. The van der Waals surface area contributed by atoms with E-state index in [0.717, 1.165) is 35.1 Å². The summed E-state index contributed by atoms with van der Waals surface area (Å²) in [5, 5.41) is 3.05. The number of nitrogens with zero attached hydrogens (tertiary/aromatic N) is 1. The monoisotopic (exact) mass is 336 g/mol. The van der Waals surface area contributed by atoms with Crippen molar-refractivity contribution in [3.05, 3.63) is 29.3 Å². The van der Waals surface area contributed by atoms with E-state index in [-0.39, 0.29) is 5.91 Å². The summed E-state index contributed by atoms with van der Waals surface area (Å²) >= 11 is 6.92. The minimum atomic E-state index is 0.0216. The highest BCUT2D eigenvalue weighted by Gasteiger charge is 2.15. The van der Waals surface area contributed by atoms with Gasteiger partial charge in [-0.05, 0) is 43.7 Å². The number of thiocarbonyl (C=S) groups is 1. The Morgan fingerprint density at radius 2 is 2.05 bits per heavy atom. The number of aryl methyl sites for hydroxylation is 2. The van der Waals surface area contributed by atoms with Gasteiger partial charge in [-0.15, -0.1) is 0 Å². The number of carbonyl (C=O) groups is 1. The molecule has 1 aliphatic rings. The second-order valence-corrected chi connectivity index (χ2v) is 7.22. The molecule has 1 amide bonds. The molecule has 120 valence electrons. The van der Waals surface area contributed by atoms with E-state index >= 15 is 0 Å². The largest absolute Gasteiger partial charge is 0.358 e. The van der Waals surface area contributed by atoms with Gasteiger partial charge in [0.25, 0.3) is 0 Å². The Labute approximate surface area is 142 Å². The number of anilines is 1. The molecule has 1 N–H and O–H groups in total. The van der Waals surface area contributed by atoms with Crippen molar-refractivity contribution in [3.8, 4) is 0 Å². The fourth-order valence-corrected chi connectivity index (χ4v) is 3.72. The van der Waals surface area contributed by atoms with E-state index in [1.165, 1.54) is 36.6 Å². The van der Waals surface area contributed by atoms with Crippen molar-refractivity contribution in [1.82, 2.24) is 4.90 Å². The molecule has 22 heavy (non-hydrogen) atoms. The lowest BCUT2D eigenvalue weighted by molar-refractivity contribution is -0.113. The van der Waals surface area contributed by atoms with Crippen LogP contribution in [0.25, 0.3) is 0 Å². The first-order chi connectivity index (χ1) is 10.6. The van der Waals surface area contributed by atoms with Crippen molar-refractivity contribution < 1.29 is 4.79 Å². The van der Waals surface area contributed by atoms with Crippen molar-refractivity contribution in [3.63, 3.8) is 0 Å². The topological polar surface area (TPSA) is 32.3 Å². The molecule has 1 heterocycles. The molecule has 0 spiro atoms. The van der Waals surface area contributed by atoms with Crippen molar-refractivity contribution in [1.29, 1.82) is 0 Å². The van der Waals surface area contributed by atoms with Crippen molar-refractivity contribution in [2.24, 2.45) is 0 Å². The number of para-hydroxylation sites is 1. The SMILES string of the molecule is CCc1cccc(C)c1NC(=O)CSC(=S)N1CCCCC1. The zero-order valence-corrected chi connectivity index (χ0v) is 15.0. The number of hydrogen-bond donors (Lipinski definition) is 1. The molecule has 5 heteroatoms. The van der Waals surface area contributed by atoms with Crippen LogP contribution in [0, 0.1) is 6.92 Å². The predicted molar refractivity (Wildman–Crippen MR) is 99.7 cm³/mol. The molecule has 3 nitrogen and oxygen atoms in total. The van der Waals surface area contributed by atoms with Gasteiger partial charge < -0.3 is 10.2 Å². The fourth-order valence-electron chi connectivity index (χ4n) is 2.67. The quantitative estimate of drug-likeness (QED) is 0.842. The van der Waals surface area contributed by atoms with Gasteiger partial charge in [0, 0.05) is 18.8 Å². The number of piperidine rings is 1. The van der Waals surface area contributed by atoms with Crippen molar-refractivity contribution in [2.75, 3.05) is 24.2 Å². The van der Waals surface area contributed by atoms with E-state index in [0.29, 0.717) is 5.75 Å². The standard InChI is InChI=1S/C17H24N2OS2/c1-3-14-9-7-8-13(2)16(14)18-15(20)12-22-17(21)19-10-5-4-6-11-19/h7-9H,3-6,10-12H2,1-2H3,(H,18,20). The summed E-state index contributed by atoms with van der Waals surface area (Å²) < 4.78 is 0.857. The average Bonchev–Trinajstić information content (AvgIpc) is 2.55. The summed E-state index contributed by atoms with van der Waals surface area (Å²) in [6.45, 7) is 6.20. The lowest BCUT2D eigenvalue weighted by atomic mass is 10.1. The van der Waals surface area contributed by atoms with E-state index in [2.05, 4.69) is 23.2 Å². The highest BCUT2D eigenvalue weighted by Crippen LogP contribution is 2.22. The minimum Gasteiger partial charge on any atom is -0.358 e. The van der Waals surface area contributed by atoms with Gasteiger partial charge in [-0.25, -0.2) is 0 Å². The van der Waals surface area contributed by atoms with Gasteiger partial charge in [0.15, 0.2) is 0 Å². The zero-order chi connectivity index (χ0) is 15.9. The van der Waals surface area contributed by atoms with Gasteiger partial charge in [-0.3, -0.25) is 4.79 Å². The second kappa shape index (κ2) is 8.53. The molecule has 1 saturated heterocycles. The van der Waals surface area contributed by atoms with Gasteiger partial charge in [0.1, 0.15) is 4.32 Å². The van der Waals surface area contributed by atoms with E-state index < -0.39 is 0 Å². The maximum atomic E-state index is 12.2. The third-order valence-corrected chi connectivity index (χ3v) is 5.47. The highest BCUT2D eigenvalue weighted by atomic mass is 32.2. The normalized spacial score (nSPS) is 14.7. The molecule has 1 aromatic carbocycles. The first-order valence-electron chi connectivity index (χ1n) is 7.92. The highest BCUT2D eigenvalue weighted by molar-refractivity contribution is 8.23. The van der Waals surface area contributed by atoms with Crippen LogP contribution in [-0.2, 0) is 11.2 Å². The second-order valence-electron chi connectivity index (χ2n) is 5.61. The molecule has 0 unspecified atom stereocenters. The summed E-state index contributed by atoms with van der Waals surface area (Å²) in [7, 11) is 0. The van der Waals surface area contributed by atoms with Crippen molar-refractivity contribution in [2.45, 2.75) is 39.5 Å². The van der Waals surface area contributed by atoms with E-state index in [1.54, 1.807) is 0 Å². The lowest BCUT2D eigenvalue weighted by Crippen LogP contribution is -2.33. The van der Waals surface area contributed by atoms with Crippen LogP contribution >= 0.6 is 24.0 Å². The Morgan fingerprint density at radius 3 is 2.73 bits per heavy atom. The van der Waals surface area contributed by atoms with Crippen LogP contribution in [-0.4, -0.2) is 34.0 Å². The smallest absolute Gasteiger partial charge is 0.234 e. The molecule has 1 aliphatic heterocycles. The van der Waals surface area contributed by atoms with E-state index in [1.807, 2.05) is 19.1 Å². The lowest BCUT2D eigenvalue weighted by Gasteiger charge is -2.28. The van der Waals surface area contributed by atoms with Gasteiger partial charge in [0.2, 0.25) is 5.91 Å². The number of benzene rings is 1. The summed E-state index contributed by atoms with van der Waals surface area (Å²) in [4.78, 5) is 14.4. The van der Waals surface area contributed by atoms with Gasteiger partial charge in [-0.2, -0.15) is 0 Å². The molecule has 0 saturated carbocycles. The molecule has 0 aromatic heterocycles. The summed E-state index contributed by atoms with van der Waals surface area (Å²) in [6, 6.07) is 6.12. The van der Waals surface area contributed by atoms with Crippen LogP contribution in [0.15, 0.2) is 18.2 Å². The molecule has 0 bridgehead atoms. The molecule has 1 fully saturated rings. The van der Waals surface area contributed by atoms with Crippen LogP contribution in [0.2, 0.25) is 0 Å². The first kappa shape index (κ1) is 17.3. The molecule has 0 aliphatic carbocycles. The summed E-state index contributed by atoms with van der Waals surface area (Å²) in [5.74, 6) is 0.403. The minimum absolute atomic E-state index is 0.0216. The van der Waals surface area contributed by atoms with Crippen LogP contribution in [0.5, 0.6) is 0 Å². The van der Waals surface area contributed by atoms with Gasteiger partial charge >= 0.3 is 0 Å². The van der Waals surface area contributed by atoms with E-state index in [4.69, 9.17) is 12.2 Å². The number of hydrogen-bond acceptors (Lipinski definition) is 3. The molecular formula is C17H24N2OS2. The zero-order valence-electron chi connectivity index (χ0n) is 13.4. The molecule has 0 atom stereocenters. The number of likely N-dealkylation sites (tertiary alicyclic amines) is 1. The Hall–Kier alpha value is -1.07. The third-order valence-electron chi connectivity index (χ3n) is 3.95. The van der Waals surface area contributed by atoms with Crippen LogP contribution < -0.4 is 5.32 Å². The van der Waals surface area contributed by atoms with Crippen LogP contribution in [0.3, 0.4) is 0 Å². The Balaban J connectivity index is 1.87. The number of thioether (sulfide) groups is 1. The number of rotatable bonds is 4. The van der Waals surface area contributed by atoms with E-state index in [9.17, 15) is 4.79 Å². The number of amides is 1. The van der Waals surface area contributed by atoms with Crippen LogP contribution in [0.4, 0.5) is 5.69 Å². The molecule has 0 radical (unpaired) electrons. The number of nitrogens with one attached hydrogen (secondary N) is 1. The van der Waals surface area contributed by atoms with Crippen molar-refractivity contribution >= 4 is 39.9 Å². The fraction of sp³-hybridized carbons (Fsp3) is 0.529. The maximum Gasteiger partial charge on any atom is 0.234 e. The number of carbonyl (C=O) groups excluding carboxylic acids is 1. The Bertz CT molecular complexity index is 539. The first-order valence-corrected chi connectivity index (χ1v) is 9.31. The summed E-state index contributed by atoms with van der Waals surface area (Å²) in [5.41, 5.74) is 3.24. The summed E-state index contributed by atoms with van der Waals surface area (Å²) in [6.07, 6.45) is 4.61. The van der Waals surface area contributed by atoms with Crippen LogP contribution in [0.1, 0.15) is 37.3 Å². The Kier molecular flexibility index (Phi) is 6.70. The average molecular weight is 337 g/mol.